The topological polar surface area (TPSA) is 69.7 Å². The van der Waals surface area contributed by atoms with Crippen LogP contribution >= 0.6 is 11.6 Å². The molecule has 6 nitrogen and oxygen atoms in total. The molecule has 1 N–H and O–H groups in total. The van der Waals surface area contributed by atoms with Gasteiger partial charge in [-0.1, -0.05) is 29.8 Å². The van der Waals surface area contributed by atoms with Crippen LogP contribution in [0.25, 0.3) is 0 Å². The van der Waals surface area contributed by atoms with Gasteiger partial charge in [-0.05, 0) is 93.2 Å². The fourth-order valence-electron chi connectivity index (χ4n) is 6.69. The van der Waals surface area contributed by atoms with Crippen LogP contribution < -0.4 is 10.2 Å². The Morgan fingerprint density at radius 3 is 2.35 bits per heavy atom. The van der Waals surface area contributed by atoms with Crippen molar-refractivity contribution in [3.05, 3.63) is 99.6 Å². The molecule has 206 valence electrons. The maximum Gasteiger partial charge on any atom is 0.261 e. The summed E-state index contributed by atoms with van der Waals surface area (Å²) in [6.45, 7) is 1.75. The van der Waals surface area contributed by atoms with Crippen molar-refractivity contribution in [1.29, 1.82) is 0 Å². The summed E-state index contributed by atoms with van der Waals surface area (Å²) in [5, 5.41) is 3.94. The second-order valence-electron chi connectivity index (χ2n) is 10.7. The minimum Gasteiger partial charge on any atom is -0.317 e. The van der Waals surface area contributed by atoms with Crippen molar-refractivity contribution in [3.63, 3.8) is 0 Å². The number of hydrogen-bond donors (Lipinski definition) is 1. The van der Waals surface area contributed by atoms with Crippen molar-refractivity contribution in [2.24, 2.45) is 0 Å². The van der Waals surface area contributed by atoms with Gasteiger partial charge in [0.25, 0.3) is 17.7 Å². The highest BCUT2D eigenvalue weighted by atomic mass is 35.5. The van der Waals surface area contributed by atoms with Gasteiger partial charge >= 0.3 is 0 Å². The lowest BCUT2D eigenvalue weighted by molar-refractivity contribution is 0.0651. The molecule has 1 spiro atoms. The Balaban J connectivity index is 1.29. The van der Waals surface area contributed by atoms with E-state index < -0.39 is 23.0 Å². The summed E-state index contributed by atoms with van der Waals surface area (Å²) >= 11 is 6.43. The number of imide groups is 1. The first-order valence-corrected chi connectivity index (χ1v) is 13.9. The van der Waals surface area contributed by atoms with Crippen LogP contribution in [0.3, 0.4) is 0 Å². The van der Waals surface area contributed by atoms with Crippen LogP contribution in [0.2, 0.25) is 5.02 Å². The number of halogens is 3. The molecule has 0 unspecified atom stereocenters. The molecule has 3 aliphatic rings. The molecule has 0 radical (unpaired) electrons. The minimum absolute atomic E-state index is 0.263. The number of anilines is 1. The lowest BCUT2D eigenvalue weighted by Crippen LogP contribution is -2.52. The summed E-state index contributed by atoms with van der Waals surface area (Å²) in [5.74, 6) is -3.43. The first-order valence-electron chi connectivity index (χ1n) is 13.6. The number of rotatable bonds is 6. The lowest BCUT2D eigenvalue weighted by Gasteiger charge is -2.42. The number of piperidine rings is 1. The molecule has 3 amide bonds. The molecule has 1 saturated heterocycles. The number of amides is 3. The normalized spacial score (nSPS) is 19.3. The molecule has 0 aliphatic carbocycles. The molecule has 3 aliphatic heterocycles. The van der Waals surface area contributed by atoms with Crippen LogP contribution in [0.4, 0.5) is 14.5 Å². The number of fused-ring (bicyclic) bond motifs is 3. The van der Waals surface area contributed by atoms with E-state index in [1.807, 2.05) is 6.07 Å². The first kappa shape index (κ1) is 26.6. The van der Waals surface area contributed by atoms with E-state index in [0.29, 0.717) is 41.1 Å². The van der Waals surface area contributed by atoms with Gasteiger partial charge in [0.1, 0.15) is 0 Å². The van der Waals surface area contributed by atoms with Gasteiger partial charge in [0, 0.05) is 28.7 Å². The molecule has 3 heterocycles. The number of benzene rings is 3. The summed E-state index contributed by atoms with van der Waals surface area (Å²) < 4.78 is 29.0. The van der Waals surface area contributed by atoms with E-state index in [9.17, 15) is 23.2 Å². The average molecular weight is 564 g/mol. The van der Waals surface area contributed by atoms with Crippen LogP contribution in [0, 0.1) is 11.6 Å². The Labute approximate surface area is 235 Å². The Morgan fingerprint density at radius 1 is 0.950 bits per heavy atom. The standard InChI is InChI=1S/C31H28ClF2N3O3/c32-19-11-12-25-23(18-19)31(13-15-35-16-14-31)26(37(25)30(40)22-8-5-9-24(33)27(22)34)10-3-4-17-36-28(38)20-6-1-2-7-21(20)29(36)39/h1-2,5-9,11-12,18,26,35H,3-4,10,13-17H2/t26-/m1/s1. The summed E-state index contributed by atoms with van der Waals surface area (Å²) in [6, 6.07) is 15.5. The molecule has 6 rings (SSSR count). The van der Waals surface area contributed by atoms with Crippen molar-refractivity contribution in [2.45, 2.75) is 43.6 Å². The number of nitrogens with zero attached hydrogens (tertiary/aromatic N) is 2. The molecule has 0 bridgehead atoms. The Hall–Kier alpha value is -3.62. The van der Waals surface area contributed by atoms with E-state index in [0.717, 1.165) is 37.6 Å². The fourth-order valence-corrected chi connectivity index (χ4v) is 6.86. The molecule has 0 saturated carbocycles. The number of carbonyl (C=O) groups excluding carboxylic acids is 3. The summed E-state index contributed by atoms with van der Waals surface area (Å²) in [4.78, 5) is 42.4. The van der Waals surface area contributed by atoms with Crippen LogP contribution in [-0.4, -0.2) is 48.3 Å². The van der Waals surface area contributed by atoms with E-state index in [1.165, 1.54) is 17.0 Å². The van der Waals surface area contributed by atoms with Crippen LogP contribution in [0.15, 0.2) is 60.7 Å². The van der Waals surface area contributed by atoms with E-state index >= 15 is 0 Å². The van der Waals surface area contributed by atoms with Crippen molar-refractivity contribution in [2.75, 3.05) is 24.5 Å². The average Bonchev–Trinajstić information content (AvgIpc) is 3.35. The summed E-state index contributed by atoms with van der Waals surface area (Å²) in [7, 11) is 0. The Kier molecular flexibility index (Phi) is 6.92. The quantitative estimate of drug-likeness (QED) is 0.307. The highest BCUT2D eigenvalue weighted by Gasteiger charge is 2.53. The second-order valence-corrected chi connectivity index (χ2v) is 11.1. The zero-order chi connectivity index (χ0) is 28.0. The predicted octanol–water partition coefficient (Wildman–Crippen LogP) is 5.73. The van der Waals surface area contributed by atoms with Gasteiger partial charge in [-0.15, -0.1) is 0 Å². The third kappa shape index (κ3) is 4.21. The van der Waals surface area contributed by atoms with Crippen LogP contribution in [0.5, 0.6) is 0 Å². The van der Waals surface area contributed by atoms with Gasteiger partial charge in [-0.25, -0.2) is 8.78 Å². The smallest absolute Gasteiger partial charge is 0.261 e. The Morgan fingerprint density at radius 2 is 1.65 bits per heavy atom. The molecule has 9 heteroatoms. The third-order valence-corrected chi connectivity index (χ3v) is 8.82. The predicted molar refractivity (Wildman–Crippen MR) is 148 cm³/mol. The zero-order valence-corrected chi connectivity index (χ0v) is 22.5. The molecule has 3 aromatic carbocycles. The maximum atomic E-state index is 14.8. The van der Waals surface area contributed by atoms with Crippen LogP contribution in [0.1, 0.15) is 68.7 Å². The van der Waals surface area contributed by atoms with Gasteiger partial charge in [0.15, 0.2) is 11.6 Å². The Bertz CT molecular complexity index is 1490. The maximum absolute atomic E-state index is 14.8. The molecule has 40 heavy (non-hydrogen) atoms. The highest BCUT2D eigenvalue weighted by molar-refractivity contribution is 6.30. The van der Waals surface area contributed by atoms with Gasteiger partial charge in [0.2, 0.25) is 0 Å². The third-order valence-electron chi connectivity index (χ3n) is 8.59. The fraction of sp³-hybridized carbons (Fsp3) is 0.323. The van der Waals surface area contributed by atoms with E-state index in [-0.39, 0.29) is 30.0 Å². The molecular formula is C31H28ClF2N3O3. The van der Waals surface area contributed by atoms with Crippen LogP contribution in [-0.2, 0) is 5.41 Å². The molecular weight excluding hydrogens is 536 g/mol. The van der Waals surface area contributed by atoms with Crippen molar-refractivity contribution in [1.82, 2.24) is 10.2 Å². The zero-order valence-electron chi connectivity index (χ0n) is 21.8. The molecule has 1 atom stereocenters. The van der Waals surface area contributed by atoms with Gasteiger partial charge in [-0.2, -0.15) is 0 Å². The molecule has 3 aromatic rings. The highest BCUT2D eigenvalue weighted by Crippen LogP contribution is 2.53. The van der Waals surface area contributed by atoms with Gasteiger partial charge in [0.05, 0.1) is 16.7 Å². The van der Waals surface area contributed by atoms with Crippen molar-refractivity contribution >= 4 is 35.0 Å². The summed E-state index contributed by atoms with van der Waals surface area (Å²) in [5.41, 5.74) is 1.70. The first-order chi connectivity index (χ1) is 19.3. The van der Waals surface area contributed by atoms with Crippen molar-refractivity contribution < 1.29 is 23.2 Å². The number of nitrogens with one attached hydrogen (secondary N) is 1. The number of hydrogen-bond acceptors (Lipinski definition) is 4. The van der Waals surface area contributed by atoms with E-state index in [1.54, 1.807) is 41.3 Å². The second kappa shape index (κ2) is 10.4. The summed E-state index contributed by atoms with van der Waals surface area (Å²) in [6.07, 6.45) is 3.21. The lowest BCUT2D eigenvalue weighted by atomic mass is 9.68. The van der Waals surface area contributed by atoms with E-state index in [4.69, 9.17) is 11.6 Å². The number of unbranched alkanes of at least 4 members (excludes halogenated alkanes) is 1. The monoisotopic (exact) mass is 563 g/mol. The number of carbonyl (C=O) groups is 3. The molecule has 1 fully saturated rings. The minimum atomic E-state index is -1.17. The van der Waals surface area contributed by atoms with Crippen molar-refractivity contribution in [3.8, 4) is 0 Å². The van der Waals surface area contributed by atoms with Gasteiger partial charge in [-0.3, -0.25) is 19.3 Å². The molecule has 0 aromatic heterocycles. The largest absolute Gasteiger partial charge is 0.317 e. The van der Waals surface area contributed by atoms with Gasteiger partial charge < -0.3 is 10.2 Å². The SMILES string of the molecule is O=C1c2ccccc2C(=O)N1CCCC[C@H]1N(C(=O)c2cccc(F)c2F)c2ccc(Cl)cc2C12CCNCC2. The van der Waals surface area contributed by atoms with E-state index in [2.05, 4.69) is 5.32 Å².